The van der Waals surface area contributed by atoms with Gasteiger partial charge in [-0.3, -0.25) is 9.59 Å². The number of nitrogens with one attached hydrogen (secondary N) is 1. The number of hydrogen-bond acceptors (Lipinski definition) is 3. The highest BCUT2D eigenvalue weighted by Crippen LogP contribution is 2.21. The van der Waals surface area contributed by atoms with Crippen LogP contribution in [0.15, 0.2) is 22.7 Å². The molecule has 0 radical (unpaired) electrons. The highest BCUT2D eigenvalue weighted by molar-refractivity contribution is 9.10. The smallest absolute Gasteiger partial charge is 0.257 e. The molecule has 5 nitrogen and oxygen atoms in total. The third-order valence-electron chi connectivity index (χ3n) is 3.85. The van der Waals surface area contributed by atoms with Crippen molar-refractivity contribution in [1.82, 2.24) is 10.2 Å². The monoisotopic (exact) mass is 400 g/mol. The van der Waals surface area contributed by atoms with Crippen molar-refractivity contribution in [3.63, 3.8) is 0 Å². The summed E-state index contributed by atoms with van der Waals surface area (Å²) in [7, 11) is 0. The van der Waals surface area contributed by atoms with Crippen LogP contribution in [0.3, 0.4) is 0 Å². The van der Waals surface area contributed by atoms with E-state index in [1.807, 2.05) is 4.90 Å². The molecule has 0 spiro atoms. The first-order valence-electron chi connectivity index (χ1n) is 8.18. The number of carbonyl (C=O) groups is 2. The topological polar surface area (TPSA) is 58.6 Å². The molecule has 1 N–H and O–H groups in total. The van der Waals surface area contributed by atoms with Crippen molar-refractivity contribution < 1.29 is 18.7 Å². The van der Waals surface area contributed by atoms with Crippen LogP contribution in [0.25, 0.3) is 0 Å². The van der Waals surface area contributed by atoms with Gasteiger partial charge in [0, 0.05) is 30.5 Å². The number of likely N-dealkylation sites (tertiary alicyclic amines) is 1. The fourth-order valence-corrected chi connectivity index (χ4v) is 2.89. The van der Waals surface area contributed by atoms with Gasteiger partial charge in [-0.1, -0.05) is 22.4 Å². The summed E-state index contributed by atoms with van der Waals surface area (Å²) in [6.07, 6.45) is 4.44. The Bertz CT molecular complexity index is 583. The largest absolute Gasteiger partial charge is 0.481 e. The van der Waals surface area contributed by atoms with Gasteiger partial charge in [0.15, 0.2) is 18.2 Å². The minimum atomic E-state index is -0.517. The molecule has 2 amide bonds. The number of benzene rings is 1. The van der Waals surface area contributed by atoms with Crippen LogP contribution in [0.4, 0.5) is 4.39 Å². The van der Waals surface area contributed by atoms with Crippen LogP contribution in [0.2, 0.25) is 0 Å². The Labute approximate surface area is 149 Å². The molecule has 132 valence electrons. The van der Waals surface area contributed by atoms with E-state index in [1.54, 1.807) is 6.07 Å². The lowest BCUT2D eigenvalue weighted by atomic mass is 10.2. The van der Waals surface area contributed by atoms with Gasteiger partial charge in [-0.25, -0.2) is 4.39 Å². The van der Waals surface area contributed by atoms with Crippen LogP contribution in [0.1, 0.15) is 32.1 Å². The maximum Gasteiger partial charge on any atom is 0.257 e. The summed E-state index contributed by atoms with van der Waals surface area (Å²) in [5, 5.41) is 2.72. The molecule has 0 aromatic heterocycles. The first-order chi connectivity index (χ1) is 11.6. The number of hydrogen-bond donors (Lipinski definition) is 1. The lowest BCUT2D eigenvalue weighted by Gasteiger charge is -2.20. The van der Waals surface area contributed by atoms with E-state index in [0.717, 1.165) is 25.8 Å². The second-order valence-electron chi connectivity index (χ2n) is 5.76. The third kappa shape index (κ3) is 6.11. The van der Waals surface area contributed by atoms with Crippen LogP contribution in [-0.4, -0.2) is 43.0 Å². The van der Waals surface area contributed by atoms with E-state index in [1.165, 1.54) is 12.1 Å². The van der Waals surface area contributed by atoms with E-state index in [-0.39, 0.29) is 24.2 Å². The number of carbonyl (C=O) groups excluding carboxylic acids is 2. The summed E-state index contributed by atoms with van der Waals surface area (Å²) < 4.78 is 19.3. The fourth-order valence-electron chi connectivity index (χ4n) is 2.56. The SMILES string of the molecule is O=C(COc1ccc(Br)cc1F)NCCCN1CCCCCC1=O. The highest BCUT2D eigenvalue weighted by atomic mass is 79.9. The maximum atomic E-state index is 13.6. The molecule has 1 aliphatic rings. The first kappa shape index (κ1) is 18.7. The van der Waals surface area contributed by atoms with Gasteiger partial charge in [0.2, 0.25) is 5.91 Å². The van der Waals surface area contributed by atoms with Gasteiger partial charge in [-0.15, -0.1) is 0 Å². The van der Waals surface area contributed by atoms with E-state index in [4.69, 9.17) is 4.74 Å². The van der Waals surface area contributed by atoms with Crippen LogP contribution in [0.5, 0.6) is 5.75 Å². The number of ether oxygens (including phenoxy) is 1. The van der Waals surface area contributed by atoms with E-state index >= 15 is 0 Å². The quantitative estimate of drug-likeness (QED) is 0.715. The predicted octanol–water partition coefficient (Wildman–Crippen LogP) is 2.88. The molecule has 0 atom stereocenters. The molecule has 1 aromatic rings. The number of amides is 2. The molecule has 7 heteroatoms. The van der Waals surface area contributed by atoms with Gasteiger partial charge in [-0.2, -0.15) is 0 Å². The summed E-state index contributed by atoms with van der Waals surface area (Å²) >= 11 is 3.16. The number of rotatable bonds is 7. The molecule has 2 rings (SSSR count). The van der Waals surface area contributed by atoms with Crippen LogP contribution in [0, 0.1) is 5.82 Å². The zero-order valence-electron chi connectivity index (χ0n) is 13.5. The molecule has 0 unspecified atom stereocenters. The second-order valence-corrected chi connectivity index (χ2v) is 6.67. The Hall–Kier alpha value is -1.63. The van der Waals surface area contributed by atoms with Gasteiger partial charge < -0.3 is 15.0 Å². The highest BCUT2D eigenvalue weighted by Gasteiger charge is 2.15. The Morgan fingerprint density at radius 3 is 2.96 bits per heavy atom. The van der Waals surface area contributed by atoms with Crippen LogP contribution in [-0.2, 0) is 9.59 Å². The molecule has 0 aliphatic carbocycles. The molecule has 0 bridgehead atoms. The molecular weight excluding hydrogens is 379 g/mol. The Morgan fingerprint density at radius 2 is 2.17 bits per heavy atom. The van der Waals surface area contributed by atoms with E-state index in [9.17, 15) is 14.0 Å². The van der Waals surface area contributed by atoms with Crippen molar-refractivity contribution in [2.75, 3.05) is 26.2 Å². The maximum absolute atomic E-state index is 13.6. The number of halogens is 2. The van der Waals surface area contributed by atoms with Gasteiger partial charge in [0.1, 0.15) is 0 Å². The lowest BCUT2D eigenvalue weighted by Crippen LogP contribution is -2.35. The average Bonchev–Trinajstić information content (AvgIpc) is 2.75. The summed E-state index contributed by atoms with van der Waals surface area (Å²) in [5.74, 6) is -0.576. The summed E-state index contributed by atoms with van der Waals surface area (Å²) in [4.78, 5) is 25.4. The second kappa shape index (κ2) is 9.61. The molecule has 1 aromatic carbocycles. The van der Waals surface area contributed by atoms with Crippen molar-refractivity contribution in [1.29, 1.82) is 0 Å². The van der Waals surface area contributed by atoms with Gasteiger partial charge in [0.25, 0.3) is 5.91 Å². The minimum Gasteiger partial charge on any atom is -0.481 e. The van der Waals surface area contributed by atoms with Gasteiger partial charge in [-0.05, 0) is 37.5 Å². The lowest BCUT2D eigenvalue weighted by molar-refractivity contribution is -0.130. The summed E-state index contributed by atoms with van der Waals surface area (Å²) in [6.45, 7) is 1.69. The predicted molar refractivity (Wildman–Crippen MR) is 92.3 cm³/mol. The fraction of sp³-hybridized carbons (Fsp3) is 0.529. The Kier molecular flexibility index (Phi) is 7.49. The zero-order valence-corrected chi connectivity index (χ0v) is 15.1. The van der Waals surface area contributed by atoms with Gasteiger partial charge in [0.05, 0.1) is 0 Å². The first-order valence-corrected chi connectivity index (χ1v) is 8.98. The van der Waals surface area contributed by atoms with Crippen molar-refractivity contribution in [3.8, 4) is 5.75 Å². The summed E-state index contributed by atoms with van der Waals surface area (Å²) in [6, 6.07) is 4.40. The number of nitrogens with zero attached hydrogens (tertiary/aromatic N) is 1. The van der Waals surface area contributed by atoms with Crippen molar-refractivity contribution in [2.45, 2.75) is 32.1 Å². The summed E-state index contributed by atoms with van der Waals surface area (Å²) in [5.41, 5.74) is 0. The van der Waals surface area contributed by atoms with E-state index in [2.05, 4.69) is 21.2 Å². The van der Waals surface area contributed by atoms with E-state index in [0.29, 0.717) is 30.4 Å². The van der Waals surface area contributed by atoms with Crippen LogP contribution < -0.4 is 10.1 Å². The molecule has 1 saturated heterocycles. The van der Waals surface area contributed by atoms with Crippen molar-refractivity contribution in [2.24, 2.45) is 0 Å². The van der Waals surface area contributed by atoms with Crippen LogP contribution >= 0.6 is 15.9 Å². The molecule has 1 aliphatic heterocycles. The zero-order chi connectivity index (χ0) is 17.4. The Balaban J connectivity index is 1.63. The molecular formula is C17H22BrFN2O3. The standard InChI is InChI=1S/C17H22BrFN2O3/c18-13-6-7-15(14(19)11-13)24-12-16(22)20-8-4-10-21-9-3-1-2-5-17(21)23/h6-7,11H,1-5,8-10,12H2,(H,20,22). The molecule has 1 heterocycles. The Morgan fingerprint density at radius 1 is 1.33 bits per heavy atom. The third-order valence-corrected chi connectivity index (χ3v) is 4.34. The average molecular weight is 401 g/mol. The van der Waals surface area contributed by atoms with Crippen molar-refractivity contribution >= 4 is 27.7 Å². The normalized spacial score (nSPS) is 15.1. The molecule has 1 fully saturated rings. The molecule has 0 saturated carbocycles. The minimum absolute atomic E-state index is 0.0449. The van der Waals surface area contributed by atoms with Crippen molar-refractivity contribution in [3.05, 3.63) is 28.5 Å². The molecule has 24 heavy (non-hydrogen) atoms. The van der Waals surface area contributed by atoms with Gasteiger partial charge >= 0.3 is 0 Å². The van der Waals surface area contributed by atoms with E-state index < -0.39 is 5.82 Å².